The Bertz CT molecular complexity index is 1270. The third-order valence-corrected chi connectivity index (χ3v) is 4.86. The number of phenols is 2. The van der Waals surface area contributed by atoms with Gasteiger partial charge in [-0.25, -0.2) is 0 Å². The molecular formula is C24H22N6O4. The van der Waals surface area contributed by atoms with Crippen LogP contribution in [0.3, 0.4) is 0 Å². The van der Waals surface area contributed by atoms with Crippen molar-refractivity contribution in [3.05, 3.63) is 71.8 Å². The molecule has 1 heterocycles. The minimum atomic E-state index is 0.0553. The normalized spacial score (nSPS) is 11.2. The highest BCUT2D eigenvalue weighted by atomic mass is 16.5. The first-order valence-electron chi connectivity index (χ1n) is 10.2. The Morgan fingerprint density at radius 3 is 1.56 bits per heavy atom. The number of phenolic OH excluding ortho intramolecular Hbond substituents is 2. The van der Waals surface area contributed by atoms with Crippen LogP contribution in [0.5, 0.6) is 23.0 Å². The van der Waals surface area contributed by atoms with E-state index in [0.29, 0.717) is 23.1 Å². The zero-order valence-corrected chi connectivity index (χ0v) is 18.4. The van der Waals surface area contributed by atoms with E-state index < -0.39 is 0 Å². The highest BCUT2D eigenvalue weighted by Crippen LogP contribution is 2.28. The first kappa shape index (κ1) is 22.3. The molecule has 3 aromatic carbocycles. The van der Waals surface area contributed by atoms with E-state index in [9.17, 15) is 10.2 Å². The van der Waals surface area contributed by atoms with Gasteiger partial charge in [0.1, 0.15) is 0 Å². The summed E-state index contributed by atoms with van der Waals surface area (Å²) in [7, 11) is 2.97. The van der Waals surface area contributed by atoms with Crippen LogP contribution in [0.1, 0.15) is 11.1 Å². The average molecular weight is 458 g/mol. The van der Waals surface area contributed by atoms with Crippen LogP contribution in [0, 0.1) is 0 Å². The Kier molecular flexibility index (Phi) is 6.68. The second-order valence-electron chi connectivity index (χ2n) is 7.05. The average Bonchev–Trinajstić information content (AvgIpc) is 2.87. The van der Waals surface area contributed by atoms with E-state index in [1.165, 1.54) is 26.4 Å². The molecule has 0 bridgehead atoms. The molecule has 10 nitrogen and oxygen atoms in total. The van der Waals surface area contributed by atoms with Crippen molar-refractivity contribution in [2.75, 3.05) is 25.1 Å². The maximum Gasteiger partial charge on any atom is 0.176 e. The van der Waals surface area contributed by atoms with E-state index >= 15 is 0 Å². The van der Waals surface area contributed by atoms with Gasteiger partial charge < -0.3 is 19.7 Å². The number of fused-ring (bicyclic) bond motifs is 1. The zero-order chi connectivity index (χ0) is 23.9. The number of ether oxygens (including phenoxy) is 2. The second kappa shape index (κ2) is 10.2. The summed E-state index contributed by atoms with van der Waals surface area (Å²) in [6.45, 7) is 0. The van der Waals surface area contributed by atoms with Crippen molar-refractivity contribution in [2.24, 2.45) is 10.2 Å². The number of aromatic hydroxyl groups is 2. The lowest BCUT2D eigenvalue weighted by Gasteiger charge is -2.08. The molecular weight excluding hydrogens is 436 g/mol. The molecule has 0 aliphatic carbocycles. The molecule has 34 heavy (non-hydrogen) atoms. The molecule has 0 saturated carbocycles. The molecule has 4 N–H and O–H groups in total. The molecule has 0 aliphatic heterocycles. The topological polar surface area (TPSA) is 133 Å². The third kappa shape index (κ3) is 4.96. The number of nitrogens with one attached hydrogen (secondary N) is 2. The summed E-state index contributed by atoms with van der Waals surface area (Å²) in [6.07, 6.45) is 3.17. The SMILES string of the molecule is COc1cc(/C=N/Nc2nnc(N/N=C/c3ccc(O)c(OC)c3)c3ccccc23)ccc1O. The molecule has 0 spiro atoms. The van der Waals surface area contributed by atoms with E-state index in [0.717, 1.165) is 21.9 Å². The van der Waals surface area contributed by atoms with Crippen LogP contribution in [-0.4, -0.2) is 47.1 Å². The highest BCUT2D eigenvalue weighted by molar-refractivity contribution is 5.98. The molecule has 4 rings (SSSR count). The summed E-state index contributed by atoms with van der Waals surface area (Å²) in [5.74, 6) is 1.76. The Hall–Kier alpha value is -4.86. The molecule has 0 saturated heterocycles. The number of anilines is 2. The molecule has 4 aromatic rings. The summed E-state index contributed by atoms with van der Waals surface area (Å²) in [5, 5.41) is 37.9. The van der Waals surface area contributed by atoms with Crippen LogP contribution in [0.25, 0.3) is 10.8 Å². The van der Waals surface area contributed by atoms with Crippen LogP contribution >= 0.6 is 0 Å². The summed E-state index contributed by atoms with van der Waals surface area (Å²) < 4.78 is 10.2. The lowest BCUT2D eigenvalue weighted by Crippen LogP contribution is -2.01. The number of hydrogen-bond acceptors (Lipinski definition) is 10. The van der Waals surface area contributed by atoms with Gasteiger partial charge in [0.25, 0.3) is 0 Å². The first-order chi connectivity index (χ1) is 16.6. The highest BCUT2D eigenvalue weighted by Gasteiger charge is 2.08. The van der Waals surface area contributed by atoms with E-state index in [1.807, 2.05) is 24.3 Å². The maximum atomic E-state index is 9.71. The minimum absolute atomic E-state index is 0.0553. The first-order valence-corrected chi connectivity index (χ1v) is 10.2. The van der Waals surface area contributed by atoms with Gasteiger partial charge in [0.2, 0.25) is 0 Å². The number of hydrogen-bond donors (Lipinski definition) is 4. The molecule has 10 heteroatoms. The van der Waals surface area contributed by atoms with Gasteiger partial charge >= 0.3 is 0 Å². The van der Waals surface area contributed by atoms with Gasteiger partial charge in [-0.05, 0) is 47.5 Å². The predicted octanol–water partition coefficient (Wildman–Crippen LogP) is 3.95. The molecule has 172 valence electrons. The summed E-state index contributed by atoms with van der Waals surface area (Å²) in [6, 6.07) is 17.4. The molecule has 0 aliphatic rings. The van der Waals surface area contributed by atoms with E-state index in [-0.39, 0.29) is 11.5 Å². The Labute approximate surface area is 195 Å². The number of methoxy groups -OCH3 is 2. The van der Waals surface area contributed by atoms with Crippen LogP contribution < -0.4 is 20.3 Å². The van der Waals surface area contributed by atoms with Crippen molar-refractivity contribution in [3.63, 3.8) is 0 Å². The number of nitrogens with zero attached hydrogens (tertiary/aromatic N) is 4. The van der Waals surface area contributed by atoms with Gasteiger partial charge in [0, 0.05) is 10.8 Å². The molecule has 0 amide bonds. The van der Waals surface area contributed by atoms with Crippen molar-refractivity contribution < 1.29 is 19.7 Å². The van der Waals surface area contributed by atoms with Crippen molar-refractivity contribution in [3.8, 4) is 23.0 Å². The minimum Gasteiger partial charge on any atom is -0.504 e. The number of benzene rings is 3. The van der Waals surface area contributed by atoms with Crippen LogP contribution in [0.4, 0.5) is 11.6 Å². The van der Waals surface area contributed by atoms with E-state index in [4.69, 9.17) is 9.47 Å². The fraction of sp³-hybridized carbons (Fsp3) is 0.0833. The number of hydrazone groups is 2. The summed E-state index contributed by atoms with van der Waals surface area (Å²) >= 11 is 0. The van der Waals surface area contributed by atoms with Gasteiger partial charge in [-0.2, -0.15) is 10.2 Å². The quantitative estimate of drug-likeness (QED) is 0.230. The van der Waals surface area contributed by atoms with Crippen LogP contribution in [-0.2, 0) is 0 Å². The smallest absolute Gasteiger partial charge is 0.176 e. The van der Waals surface area contributed by atoms with E-state index in [2.05, 4.69) is 31.3 Å². The molecule has 0 unspecified atom stereocenters. The van der Waals surface area contributed by atoms with Crippen LogP contribution in [0.2, 0.25) is 0 Å². The van der Waals surface area contributed by atoms with Gasteiger partial charge in [-0.1, -0.05) is 24.3 Å². The Morgan fingerprint density at radius 1 is 0.706 bits per heavy atom. The Balaban J connectivity index is 1.52. The summed E-state index contributed by atoms with van der Waals surface area (Å²) in [5.41, 5.74) is 7.28. The van der Waals surface area contributed by atoms with Crippen molar-refractivity contribution >= 4 is 34.8 Å². The maximum absolute atomic E-state index is 9.71. The van der Waals surface area contributed by atoms with Gasteiger partial charge in [0.05, 0.1) is 26.6 Å². The van der Waals surface area contributed by atoms with Crippen molar-refractivity contribution in [2.45, 2.75) is 0 Å². The second-order valence-corrected chi connectivity index (χ2v) is 7.05. The summed E-state index contributed by atoms with van der Waals surface area (Å²) in [4.78, 5) is 0. The zero-order valence-electron chi connectivity index (χ0n) is 18.4. The monoisotopic (exact) mass is 458 g/mol. The lowest BCUT2D eigenvalue weighted by molar-refractivity contribution is 0.373. The third-order valence-electron chi connectivity index (χ3n) is 4.86. The van der Waals surface area contributed by atoms with Crippen molar-refractivity contribution in [1.29, 1.82) is 0 Å². The molecule has 0 radical (unpaired) electrons. The van der Waals surface area contributed by atoms with Crippen molar-refractivity contribution in [1.82, 2.24) is 10.2 Å². The fourth-order valence-corrected chi connectivity index (χ4v) is 3.15. The molecule has 1 aromatic heterocycles. The van der Waals surface area contributed by atoms with Crippen LogP contribution in [0.15, 0.2) is 70.9 Å². The van der Waals surface area contributed by atoms with Gasteiger partial charge in [-0.15, -0.1) is 10.2 Å². The van der Waals surface area contributed by atoms with Gasteiger partial charge in [-0.3, -0.25) is 10.9 Å². The molecule has 0 fully saturated rings. The van der Waals surface area contributed by atoms with Gasteiger partial charge in [0.15, 0.2) is 34.6 Å². The largest absolute Gasteiger partial charge is 0.504 e. The standard InChI is InChI=1S/C24H22N6O4/c1-33-21-11-15(7-9-19(21)31)13-25-27-23-17-5-3-4-6-18(17)24(30-29-23)28-26-14-16-8-10-20(32)22(12-16)34-2/h3-14,31-32H,1-2H3,(H,27,29)(H,28,30)/b25-13+,26-14+. The fourth-order valence-electron chi connectivity index (χ4n) is 3.15. The van der Waals surface area contributed by atoms with E-state index in [1.54, 1.807) is 36.7 Å². The number of rotatable bonds is 8. The number of aromatic nitrogens is 2. The molecule has 0 atom stereocenters. The predicted molar refractivity (Wildman–Crippen MR) is 131 cm³/mol. The lowest BCUT2D eigenvalue weighted by atomic mass is 10.2. The Morgan fingerprint density at radius 2 is 1.15 bits per heavy atom.